The SMILES string of the molecule is CCOc1ccc([C@H]2NC(=O)N[C@@](O)(C(F)(F)F)[C@@H]2C(=O)c2ccc(Cl)cc2)cc1. The van der Waals surface area contributed by atoms with Gasteiger partial charge in [0.2, 0.25) is 5.72 Å². The van der Waals surface area contributed by atoms with Gasteiger partial charge in [0, 0.05) is 10.6 Å². The van der Waals surface area contributed by atoms with E-state index in [-0.39, 0.29) is 16.1 Å². The molecule has 1 aliphatic heterocycles. The Morgan fingerprint density at radius 3 is 2.30 bits per heavy atom. The van der Waals surface area contributed by atoms with Crippen LogP contribution in [0, 0.1) is 5.92 Å². The molecular weight excluding hydrogens is 425 g/mol. The highest BCUT2D eigenvalue weighted by molar-refractivity contribution is 6.30. The Balaban J connectivity index is 2.10. The summed E-state index contributed by atoms with van der Waals surface area (Å²) in [5.74, 6) is -2.65. The minimum absolute atomic E-state index is 0.0963. The number of carbonyl (C=O) groups excluding carboxylic acids is 2. The smallest absolute Gasteiger partial charge is 0.437 e. The normalized spacial score (nSPS) is 24.0. The Bertz CT molecular complexity index is 935. The number of amides is 2. The van der Waals surface area contributed by atoms with Gasteiger partial charge in [0.05, 0.1) is 12.6 Å². The number of rotatable bonds is 5. The second kappa shape index (κ2) is 8.16. The number of urea groups is 1. The summed E-state index contributed by atoms with van der Waals surface area (Å²) in [6.45, 7) is 2.15. The Morgan fingerprint density at radius 1 is 1.17 bits per heavy atom. The van der Waals surface area contributed by atoms with Crippen molar-refractivity contribution in [1.82, 2.24) is 10.6 Å². The van der Waals surface area contributed by atoms with Crippen LogP contribution in [0.25, 0.3) is 0 Å². The number of ether oxygens (including phenoxy) is 1. The zero-order valence-corrected chi connectivity index (χ0v) is 16.4. The number of hydrogen-bond acceptors (Lipinski definition) is 4. The first kappa shape index (κ1) is 21.9. The zero-order valence-electron chi connectivity index (χ0n) is 15.7. The number of benzene rings is 2. The van der Waals surface area contributed by atoms with E-state index in [9.17, 15) is 27.9 Å². The summed E-state index contributed by atoms with van der Waals surface area (Å²) in [6, 6.07) is 8.37. The van der Waals surface area contributed by atoms with Gasteiger partial charge in [-0.1, -0.05) is 23.7 Å². The lowest BCUT2D eigenvalue weighted by atomic mass is 9.77. The van der Waals surface area contributed by atoms with E-state index in [0.29, 0.717) is 12.4 Å². The monoisotopic (exact) mass is 442 g/mol. The largest absolute Gasteiger partial charge is 0.494 e. The van der Waals surface area contributed by atoms with Gasteiger partial charge in [-0.2, -0.15) is 13.2 Å². The number of halogens is 4. The highest BCUT2D eigenvalue weighted by Crippen LogP contribution is 2.44. The lowest BCUT2D eigenvalue weighted by molar-refractivity contribution is -0.287. The van der Waals surface area contributed by atoms with Crippen LogP contribution in [0.15, 0.2) is 48.5 Å². The number of aliphatic hydroxyl groups is 1. The van der Waals surface area contributed by atoms with Crippen molar-refractivity contribution in [2.45, 2.75) is 24.9 Å². The molecule has 1 aliphatic rings. The molecule has 0 saturated carbocycles. The van der Waals surface area contributed by atoms with E-state index in [1.54, 1.807) is 6.92 Å². The van der Waals surface area contributed by atoms with Crippen LogP contribution in [0.5, 0.6) is 5.75 Å². The molecule has 1 saturated heterocycles. The molecule has 0 radical (unpaired) electrons. The Kier molecular flexibility index (Phi) is 5.96. The van der Waals surface area contributed by atoms with Gasteiger partial charge in [-0.05, 0) is 48.9 Å². The molecule has 2 aromatic carbocycles. The van der Waals surface area contributed by atoms with E-state index in [0.717, 1.165) is 0 Å². The molecule has 10 heteroatoms. The number of carbonyl (C=O) groups is 2. The number of Topliss-reactive ketones (excluding diaryl/α,β-unsaturated/α-hetero) is 1. The molecule has 0 spiro atoms. The molecule has 2 amide bonds. The summed E-state index contributed by atoms with van der Waals surface area (Å²) in [4.78, 5) is 25.1. The number of nitrogens with one attached hydrogen (secondary N) is 2. The molecular formula is C20H18ClF3N2O4. The van der Waals surface area contributed by atoms with E-state index < -0.39 is 35.7 Å². The maximum atomic E-state index is 13.9. The van der Waals surface area contributed by atoms with Crippen LogP contribution in [-0.2, 0) is 0 Å². The van der Waals surface area contributed by atoms with Crippen LogP contribution in [0.2, 0.25) is 5.02 Å². The maximum absolute atomic E-state index is 13.9. The Morgan fingerprint density at radius 2 is 1.77 bits per heavy atom. The summed E-state index contributed by atoms with van der Waals surface area (Å²) in [5, 5.41) is 14.6. The zero-order chi connectivity index (χ0) is 22.1. The number of alkyl halides is 3. The van der Waals surface area contributed by atoms with Gasteiger partial charge in [0.15, 0.2) is 5.78 Å². The molecule has 0 unspecified atom stereocenters. The fourth-order valence-electron chi connectivity index (χ4n) is 3.35. The predicted molar refractivity (Wildman–Crippen MR) is 102 cm³/mol. The Labute approximate surface area is 175 Å². The van der Waals surface area contributed by atoms with Crippen molar-refractivity contribution in [2.24, 2.45) is 5.92 Å². The molecule has 0 aliphatic carbocycles. The number of ketones is 1. The quantitative estimate of drug-likeness (QED) is 0.614. The average Bonchev–Trinajstić information content (AvgIpc) is 2.67. The minimum Gasteiger partial charge on any atom is -0.494 e. The van der Waals surface area contributed by atoms with E-state index in [1.807, 2.05) is 0 Å². The summed E-state index contributed by atoms with van der Waals surface area (Å²) in [5.41, 5.74) is -3.68. The summed E-state index contributed by atoms with van der Waals surface area (Å²) in [7, 11) is 0. The summed E-state index contributed by atoms with van der Waals surface area (Å²) >= 11 is 5.79. The van der Waals surface area contributed by atoms with Gasteiger partial charge in [0.25, 0.3) is 0 Å². The highest BCUT2D eigenvalue weighted by atomic mass is 35.5. The highest BCUT2D eigenvalue weighted by Gasteiger charge is 2.66. The molecule has 6 nitrogen and oxygen atoms in total. The minimum atomic E-state index is -5.32. The molecule has 1 fully saturated rings. The molecule has 3 rings (SSSR count). The van der Waals surface area contributed by atoms with E-state index in [1.165, 1.54) is 53.8 Å². The van der Waals surface area contributed by atoms with Gasteiger partial charge < -0.3 is 20.5 Å². The standard InChI is InChI=1S/C20H18ClF3N2O4/c1-2-30-14-9-5-11(6-10-14)16-15(17(27)12-3-7-13(21)8-4-12)19(29,20(22,23)24)26-18(28)25-16/h3-10,15-16,29H,2H2,1H3,(H2,25,26,28)/t15-,16+,19-/m0/s1. The first-order valence-corrected chi connectivity index (χ1v) is 9.35. The van der Waals surface area contributed by atoms with Crippen molar-refractivity contribution >= 4 is 23.4 Å². The molecule has 30 heavy (non-hydrogen) atoms. The van der Waals surface area contributed by atoms with Crippen LogP contribution in [0.3, 0.4) is 0 Å². The maximum Gasteiger partial charge on any atom is 0.437 e. The lowest BCUT2D eigenvalue weighted by Crippen LogP contribution is -2.72. The first-order chi connectivity index (χ1) is 14.1. The van der Waals surface area contributed by atoms with Gasteiger partial charge in [0.1, 0.15) is 11.7 Å². The Hall–Kier alpha value is -2.78. The average molecular weight is 443 g/mol. The van der Waals surface area contributed by atoms with Crippen LogP contribution in [0.4, 0.5) is 18.0 Å². The van der Waals surface area contributed by atoms with Gasteiger partial charge in [-0.15, -0.1) is 0 Å². The van der Waals surface area contributed by atoms with Crippen molar-refractivity contribution in [3.05, 3.63) is 64.7 Å². The van der Waals surface area contributed by atoms with Crippen molar-refractivity contribution in [2.75, 3.05) is 6.61 Å². The second-order valence-electron chi connectivity index (χ2n) is 6.69. The van der Waals surface area contributed by atoms with Gasteiger partial charge in [-0.3, -0.25) is 4.79 Å². The molecule has 3 N–H and O–H groups in total. The van der Waals surface area contributed by atoms with E-state index in [4.69, 9.17) is 16.3 Å². The van der Waals surface area contributed by atoms with Crippen molar-refractivity contribution < 1.29 is 32.6 Å². The van der Waals surface area contributed by atoms with E-state index in [2.05, 4.69) is 5.32 Å². The molecule has 0 bridgehead atoms. The van der Waals surface area contributed by atoms with Crippen LogP contribution in [-0.4, -0.2) is 35.4 Å². The third-order valence-corrected chi connectivity index (χ3v) is 5.02. The van der Waals surface area contributed by atoms with Gasteiger partial charge in [-0.25, -0.2) is 4.79 Å². The van der Waals surface area contributed by atoms with Crippen molar-refractivity contribution in [3.8, 4) is 5.75 Å². The van der Waals surface area contributed by atoms with Crippen LogP contribution < -0.4 is 15.4 Å². The third-order valence-electron chi connectivity index (χ3n) is 4.77. The first-order valence-electron chi connectivity index (χ1n) is 8.97. The molecule has 3 atom stereocenters. The predicted octanol–water partition coefficient (Wildman–Crippen LogP) is 3.84. The lowest BCUT2D eigenvalue weighted by Gasteiger charge is -2.45. The van der Waals surface area contributed by atoms with E-state index >= 15 is 0 Å². The van der Waals surface area contributed by atoms with Crippen molar-refractivity contribution in [3.63, 3.8) is 0 Å². The molecule has 2 aromatic rings. The molecule has 160 valence electrons. The molecule has 0 aromatic heterocycles. The van der Waals surface area contributed by atoms with Crippen LogP contribution in [0.1, 0.15) is 28.9 Å². The second-order valence-corrected chi connectivity index (χ2v) is 7.13. The van der Waals surface area contributed by atoms with Crippen LogP contribution >= 0.6 is 11.6 Å². The van der Waals surface area contributed by atoms with Crippen molar-refractivity contribution in [1.29, 1.82) is 0 Å². The topological polar surface area (TPSA) is 87.7 Å². The molecule has 1 heterocycles. The number of hydrogen-bond donors (Lipinski definition) is 3. The third kappa shape index (κ3) is 4.08. The van der Waals surface area contributed by atoms with Gasteiger partial charge >= 0.3 is 12.2 Å². The fourth-order valence-corrected chi connectivity index (χ4v) is 3.47. The summed E-state index contributed by atoms with van der Waals surface area (Å²) in [6.07, 6.45) is -5.32. The fraction of sp³-hybridized carbons (Fsp3) is 0.300. The summed E-state index contributed by atoms with van der Waals surface area (Å²) < 4.78 is 46.9.